The quantitative estimate of drug-likeness (QED) is 0.501. The lowest BCUT2D eigenvalue weighted by Crippen LogP contribution is -2.41. The zero-order valence-corrected chi connectivity index (χ0v) is 19.6. The van der Waals surface area contributed by atoms with Crippen molar-refractivity contribution in [1.29, 1.82) is 0 Å². The molecule has 4 rings (SSSR count). The van der Waals surface area contributed by atoms with Crippen LogP contribution in [-0.2, 0) is 25.4 Å². The molecule has 1 aromatic carbocycles. The summed E-state index contributed by atoms with van der Waals surface area (Å²) in [5.41, 5.74) is 0.146. The van der Waals surface area contributed by atoms with Crippen molar-refractivity contribution in [2.75, 3.05) is 11.9 Å². The van der Waals surface area contributed by atoms with Crippen LogP contribution in [0.15, 0.2) is 30.5 Å². The topological polar surface area (TPSA) is 69.7 Å². The van der Waals surface area contributed by atoms with E-state index in [1.165, 1.54) is 6.07 Å². The van der Waals surface area contributed by atoms with Crippen molar-refractivity contribution in [3.63, 3.8) is 0 Å². The van der Waals surface area contributed by atoms with Crippen LogP contribution >= 0.6 is 0 Å². The molecule has 1 N–H and O–H groups in total. The molecule has 2 heterocycles. The molecule has 0 spiro atoms. The van der Waals surface area contributed by atoms with Crippen LogP contribution < -0.4 is 10.8 Å². The second-order valence-corrected chi connectivity index (χ2v) is 9.58. The van der Waals surface area contributed by atoms with Crippen molar-refractivity contribution in [2.45, 2.75) is 64.7 Å². The summed E-state index contributed by atoms with van der Waals surface area (Å²) in [6.07, 6.45) is 2.47. The molecule has 2 atom stereocenters. The molecule has 1 aromatic heterocycles. The van der Waals surface area contributed by atoms with Gasteiger partial charge in [-0.05, 0) is 58.6 Å². The largest absolute Gasteiger partial charge is 0.497 e. The van der Waals surface area contributed by atoms with E-state index < -0.39 is 30.0 Å². The highest BCUT2D eigenvalue weighted by atomic mass is 19.1. The van der Waals surface area contributed by atoms with Gasteiger partial charge in [0.15, 0.2) is 0 Å². The predicted molar refractivity (Wildman–Crippen MR) is 121 cm³/mol. The number of hydrogen-bond acceptors (Lipinski definition) is 6. The molecule has 1 saturated heterocycles. The maximum absolute atomic E-state index is 14.5. The Bertz CT molecular complexity index is 1030. The van der Waals surface area contributed by atoms with Gasteiger partial charge in [-0.25, -0.2) is 13.8 Å². The summed E-state index contributed by atoms with van der Waals surface area (Å²) in [5.74, 6) is -0.970. The lowest BCUT2D eigenvalue weighted by Gasteiger charge is -2.32. The lowest BCUT2D eigenvalue weighted by molar-refractivity contribution is -0.144. The first-order valence-electron chi connectivity index (χ1n) is 11.2. The zero-order chi connectivity index (χ0) is 24.0. The van der Waals surface area contributed by atoms with E-state index in [4.69, 9.17) is 14.0 Å². The molecule has 1 saturated carbocycles. The Morgan fingerprint density at radius 2 is 1.88 bits per heavy atom. The van der Waals surface area contributed by atoms with E-state index >= 15 is 0 Å². The first-order valence-corrected chi connectivity index (χ1v) is 11.2. The van der Waals surface area contributed by atoms with Crippen LogP contribution in [-0.4, -0.2) is 35.9 Å². The smallest absolute Gasteiger partial charge is 0.466 e. The summed E-state index contributed by atoms with van der Waals surface area (Å²) in [6, 6.07) is 5.97. The standard InChI is InChI=1S/C24H29BF2N2O4/c1-6-31-22(30)17-10-16(17)14-7-8-21(28-12-14)29-13-15-9-18(20(27)11-19(15)26)25-32-23(2,3)24(4,5)33-25/h7-9,11-12,16-17H,6,10,13H2,1-5H3,(H,28,29)/t16-,17+/m1/s1. The second-order valence-electron chi connectivity index (χ2n) is 9.58. The number of halogens is 2. The highest BCUT2D eigenvalue weighted by molar-refractivity contribution is 6.62. The van der Waals surface area contributed by atoms with Gasteiger partial charge >= 0.3 is 13.1 Å². The first kappa shape index (κ1) is 23.6. The van der Waals surface area contributed by atoms with Gasteiger partial charge in [0, 0.05) is 29.8 Å². The fraction of sp³-hybridized carbons (Fsp3) is 0.500. The number of hydrogen-bond donors (Lipinski definition) is 1. The van der Waals surface area contributed by atoms with Crippen LogP contribution in [0.2, 0.25) is 0 Å². The Kier molecular flexibility index (Phi) is 6.22. The van der Waals surface area contributed by atoms with Crippen molar-refractivity contribution >= 4 is 24.4 Å². The van der Waals surface area contributed by atoms with Gasteiger partial charge in [-0.2, -0.15) is 0 Å². The summed E-state index contributed by atoms with van der Waals surface area (Å²) in [5, 5.41) is 3.07. The monoisotopic (exact) mass is 458 g/mol. The van der Waals surface area contributed by atoms with Crippen molar-refractivity contribution in [2.24, 2.45) is 5.92 Å². The molecule has 33 heavy (non-hydrogen) atoms. The molecule has 0 amide bonds. The van der Waals surface area contributed by atoms with E-state index in [2.05, 4.69) is 10.3 Å². The summed E-state index contributed by atoms with van der Waals surface area (Å²) in [7, 11) is -0.919. The molecule has 2 aromatic rings. The number of carbonyl (C=O) groups excluding carboxylic acids is 1. The van der Waals surface area contributed by atoms with E-state index in [9.17, 15) is 13.6 Å². The fourth-order valence-electron chi connectivity index (χ4n) is 3.89. The maximum Gasteiger partial charge on any atom is 0.497 e. The Morgan fingerprint density at radius 3 is 2.48 bits per heavy atom. The average Bonchev–Trinajstić information content (AvgIpc) is 3.50. The molecule has 0 unspecified atom stereocenters. The van der Waals surface area contributed by atoms with Crippen LogP contribution in [0.4, 0.5) is 14.6 Å². The highest BCUT2D eigenvalue weighted by Gasteiger charge is 2.52. The minimum Gasteiger partial charge on any atom is -0.466 e. The summed E-state index contributed by atoms with van der Waals surface area (Å²) < 4.78 is 45.9. The molecular formula is C24H29BF2N2O4. The molecule has 1 aliphatic heterocycles. The van der Waals surface area contributed by atoms with Crippen LogP contribution in [0, 0.1) is 17.6 Å². The van der Waals surface area contributed by atoms with Crippen molar-refractivity contribution < 1.29 is 27.6 Å². The number of ether oxygens (including phenoxy) is 1. The first-order chi connectivity index (χ1) is 15.5. The maximum atomic E-state index is 14.5. The third-order valence-electron chi connectivity index (χ3n) is 6.73. The minimum absolute atomic E-state index is 0.104. The van der Waals surface area contributed by atoms with Crippen molar-refractivity contribution in [1.82, 2.24) is 4.98 Å². The molecule has 2 aliphatic rings. The number of nitrogens with zero attached hydrogens (tertiary/aromatic N) is 1. The Labute approximate surface area is 193 Å². The van der Waals surface area contributed by atoms with Gasteiger partial charge in [-0.3, -0.25) is 4.79 Å². The number of rotatable bonds is 7. The second kappa shape index (κ2) is 8.68. The number of nitrogens with one attached hydrogen (secondary N) is 1. The number of esters is 1. The Hall–Kier alpha value is -2.52. The summed E-state index contributed by atoms with van der Waals surface area (Å²) in [6.45, 7) is 9.79. The molecule has 0 radical (unpaired) electrons. The van der Waals surface area contributed by atoms with Crippen LogP contribution in [0.5, 0.6) is 0 Å². The van der Waals surface area contributed by atoms with Gasteiger partial charge in [0.05, 0.1) is 23.7 Å². The molecule has 9 heteroatoms. The average molecular weight is 458 g/mol. The lowest BCUT2D eigenvalue weighted by atomic mass is 9.77. The molecule has 2 fully saturated rings. The molecule has 0 bridgehead atoms. The Balaban J connectivity index is 1.42. The predicted octanol–water partition coefficient (Wildman–Crippen LogP) is 3.94. The molecular weight excluding hydrogens is 429 g/mol. The summed E-state index contributed by atoms with van der Waals surface area (Å²) >= 11 is 0. The SMILES string of the molecule is CCOC(=O)[C@H]1C[C@@H]1c1ccc(NCc2cc(B3OC(C)(C)C(C)(C)O3)c(F)cc2F)nc1. The number of carbonyl (C=O) groups is 1. The van der Waals surface area contributed by atoms with E-state index in [0.29, 0.717) is 12.4 Å². The van der Waals surface area contributed by atoms with E-state index in [1.54, 1.807) is 19.2 Å². The number of aromatic nitrogens is 1. The van der Waals surface area contributed by atoms with Crippen LogP contribution in [0.25, 0.3) is 0 Å². The number of benzene rings is 1. The third-order valence-corrected chi connectivity index (χ3v) is 6.73. The Morgan fingerprint density at radius 1 is 1.18 bits per heavy atom. The number of pyridine rings is 1. The van der Waals surface area contributed by atoms with Gasteiger partial charge in [0.25, 0.3) is 0 Å². The fourth-order valence-corrected chi connectivity index (χ4v) is 3.89. The van der Waals surface area contributed by atoms with Gasteiger partial charge in [-0.1, -0.05) is 12.1 Å². The van der Waals surface area contributed by atoms with Crippen LogP contribution in [0.1, 0.15) is 58.1 Å². The van der Waals surface area contributed by atoms with Gasteiger partial charge < -0.3 is 19.4 Å². The zero-order valence-electron chi connectivity index (χ0n) is 19.6. The highest BCUT2D eigenvalue weighted by Crippen LogP contribution is 2.48. The van der Waals surface area contributed by atoms with Gasteiger partial charge in [0.1, 0.15) is 17.5 Å². The molecule has 176 valence electrons. The minimum atomic E-state index is -0.919. The van der Waals surface area contributed by atoms with Crippen molar-refractivity contribution in [3.05, 3.63) is 53.2 Å². The van der Waals surface area contributed by atoms with E-state index in [0.717, 1.165) is 18.1 Å². The number of anilines is 1. The molecule has 1 aliphatic carbocycles. The summed E-state index contributed by atoms with van der Waals surface area (Å²) in [4.78, 5) is 16.2. The van der Waals surface area contributed by atoms with Gasteiger partial charge in [0.2, 0.25) is 0 Å². The van der Waals surface area contributed by atoms with Crippen molar-refractivity contribution in [3.8, 4) is 0 Å². The molecule has 6 nitrogen and oxygen atoms in total. The van der Waals surface area contributed by atoms with Gasteiger partial charge in [-0.15, -0.1) is 0 Å². The van der Waals surface area contributed by atoms with E-state index in [1.807, 2.05) is 33.8 Å². The van der Waals surface area contributed by atoms with Crippen LogP contribution in [0.3, 0.4) is 0 Å². The normalized spacial score (nSPS) is 22.8. The third kappa shape index (κ3) is 4.75. The van der Waals surface area contributed by atoms with E-state index in [-0.39, 0.29) is 35.4 Å².